The fourth-order valence-electron chi connectivity index (χ4n) is 2.29. The third kappa shape index (κ3) is 3.17. The maximum absolute atomic E-state index is 11.0. The van der Waals surface area contributed by atoms with Crippen LogP contribution in [0.2, 0.25) is 0 Å². The molecule has 5 heteroatoms. The van der Waals surface area contributed by atoms with Gasteiger partial charge in [0.2, 0.25) is 0 Å². The van der Waals surface area contributed by atoms with Crippen LogP contribution in [0.25, 0.3) is 0 Å². The highest BCUT2D eigenvalue weighted by atomic mass is 16.5. The summed E-state index contributed by atoms with van der Waals surface area (Å²) in [5, 5.41) is 9.02. The van der Waals surface area contributed by atoms with Crippen molar-refractivity contribution in [2.24, 2.45) is 0 Å². The first-order valence-corrected chi connectivity index (χ1v) is 5.68. The highest BCUT2D eigenvalue weighted by molar-refractivity contribution is 5.68. The highest BCUT2D eigenvalue weighted by Crippen LogP contribution is 2.25. The van der Waals surface area contributed by atoms with Crippen LogP contribution in [0.15, 0.2) is 0 Å². The molecule has 1 aliphatic heterocycles. The molecule has 0 radical (unpaired) electrons. The molecule has 1 saturated heterocycles. The van der Waals surface area contributed by atoms with Crippen LogP contribution in [-0.2, 0) is 14.3 Å². The van der Waals surface area contributed by atoms with Gasteiger partial charge in [-0.2, -0.15) is 0 Å². The fourth-order valence-corrected chi connectivity index (χ4v) is 2.29. The van der Waals surface area contributed by atoms with Crippen LogP contribution in [0.1, 0.15) is 19.8 Å². The quantitative estimate of drug-likeness (QED) is 0.725. The molecule has 16 heavy (non-hydrogen) atoms. The topological polar surface area (TPSA) is 59.0 Å². The van der Waals surface area contributed by atoms with Crippen LogP contribution in [0.4, 0.5) is 0 Å². The van der Waals surface area contributed by atoms with Gasteiger partial charge < -0.3 is 14.6 Å². The van der Waals surface area contributed by atoms with E-state index in [9.17, 15) is 4.79 Å². The van der Waals surface area contributed by atoms with Crippen molar-refractivity contribution in [3.05, 3.63) is 0 Å². The predicted molar refractivity (Wildman–Crippen MR) is 59.5 cm³/mol. The van der Waals surface area contributed by atoms with Gasteiger partial charge in [0, 0.05) is 20.2 Å². The summed E-state index contributed by atoms with van der Waals surface area (Å²) < 4.78 is 10.5. The van der Waals surface area contributed by atoms with Crippen LogP contribution < -0.4 is 0 Å². The van der Waals surface area contributed by atoms with Crippen LogP contribution in [-0.4, -0.2) is 61.5 Å². The molecule has 0 spiro atoms. The largest absolute Gasteiger partial charge is 0.481 e. The monoisotopic (exact) mass is 231 g/mol. The molecule has 0 bridgehead atoms. The molecule has 1 N–H and O–H groups in total. The average molecular weight is 231 g/mol. The van der Waals surface area contributed by atoms with Gasteiger partial charge in [-0.3, -0.25) is 9.69 Å². The molecule has 1 atom stereocenters. The minimum atomic E-state index is -0.773. The number of rotatable bonds is 6. The number of aliphatic carboxylic acids is 1. The Morgan fingerprint density at radius 1 is 1.50 bits per heavy atom. The van der Waals surface area contributed by atoms with E-state index >= 15 is 0 Å². The van der Waals surface area contributed by atoms with Gasteiger partial charge in [0.1, 0.15) is 0 Å². The number of carboxylic acid groups (broad SMARTS) is 1. The molecular formula is C11H21NO4. The van der Waals surface area contributed by atoms with E-state index < -0.39 is 5.97 Å². The van der Waals surface area contributed by atoms with Crippen LogP contribution in [0, 0.1) is 0 Å². The zero-order valence-corrected chi connectivity index (χ0v) is 10.1. The van der Waals surface area contributed by atoms with E-state index in [-0.39, 0.29) is 12.0 Å². The molecule has 0 amide bonds. The number of methoxy groups -OCH3 is 1. The summed E-state index contributed by atoms with van der Waals surface area (Å²) in [4.78, 5) is 13.2. The number of carbonyl (C=O) groups is 1. The molecule has 1 unspecified atom stereocenters. The third-order valence-corrected chi connectivity index (χ3v) is 3.23. The zero-order chi connectivity index (χ0) is 12.0. The minimum Gasteiger partial charge on any atom is -0.481 e. The van der Waals surface area contributed by atoms with E-state index in [2.05, 4.69) is 4.90 Å². The normalized spacial score (nSPS) is 21.6. The molecule has 5 nitrogen and oxygen atoms in total. The van der Waals surface area contributed by atoms with Gasteiger partial charge >= 0.3 is 5.97 Å². The lowest BCUT2D eigenvalue weighted by atomic mass is 9.90. The SMILES string of the molecule is CCC(COC)(CC(=O)O)N1CCOCC1. The fraction of sp³-hybridized carbons (Fsp3) is 0.909. The summed E-state index contributed by atoms with van der Waals surface area (Å²) in [5.41, 5.74) is -0.385. The summed E-state index contributed by atoms with van der Waals surface area (Å²) in [6, 6.07) is 0. The lowest BCUT2D eigenvalue weighted by Crippen LogP contribution is -2.56. The third-order valence-electron chi connectivity index (χ3n) is 3.23. The van der Waals surface area contributed by atoms with Gasteiger partial charge in [-0.1, -0.05) is 6.92 Å². The first-order chi connectivity index (χ1) is 7.64. The van der Waals surface area contributed by atoms with E-state index in [1.54, 1.807) is 7.11 Å². The summed E-state index contributed by atoms with van der Waals surface area (Å²) >= 11 is 0. The van der Waals surface area contributed by atoms with Crippen LogP contribution in [0.5, 0.6) is 0 Å². The van der Waals surface area contributed by atoms with Crippen molar-refractivity contribution >= 4 is 5.97 Å². The average Bonchev–Trinajstić information content (AvgIpc) is 2.29. The summed E-state index contributed by atoms with van der Waals surface area (Å²) in [6.45, 7) is 5.37. The molecule has 0 saturated carbocycles. The first-order valence-electron chi connectivity index (χ1n) is 5.68. The van der Waals surface area contributed by atoms with Crippen molar-refractivity contribution in [3.8, 4) is 0 Å². The Hall–Kier alpha value is -0.650. The van der Waals surface area contributed by atoms with Gasteiger partial charge in [-0.05, 0) is 6.42 Å². The number of hydrogen-bond donors (Lipinski definition) is 1. The Morgan fingerprint density at radius 2 is 2.12 bits per heavy atom. The molecule has 0 aromatic heterocycles. The molecule has 0 aliphatic carbocycles. The van der Waals surface area contributed by atoms with Gasteiger partial charge in [0.15, 0.2) is 0 Å². The molecule has 1 fully saturated rings. The van der Waals surface area contributed by atoms with Gasteiger partial charge in [-0.15, -0.1) is 0 Å². The number of ether oxygens (including phenoxy) is 2. The second-order valence-corrected chi connectivity index (χ2v) is 4.18. The number of morpholine rings is 1. The van der Waals surface area contributed by atoms with Crippen molar-refractivity contribution in [3.63, 3.8) is 0 Å². The van der Waals surface area contributed by atoms with Crippen molar-refractivity contribution in [1.29, 1.82) is 0 Å². The van der Waals surface area contributed by atoms with E-state index in [4.69, 9.17) is 14.6 Å². The van der Waals surface area contributed by atoms with E-state index in [0.717, 1.165) is 19.5 Å². The molecule has 1 heterocycles. The van der Waals surface area contributed by atoms with Crippen LogP contribution in [0.3, 0.4) is 0 Å². The molecule has 1 rings (SSSR count). The summed E-state index contributed by atoms with van der Waals surface area (Å²) in [6.07, 6.45) is 0.893. The Morgan fingerprint density at radius 3 is 2.56 bits per heavy atom. The Bertz CT molecular complexity index is 228. The molecular weight excluding hydrogens is 210 g/mol. The number of carboxylic acids is 1. The summed E-state index contributed by atoms with van der Waals surface area (Å²) in [7, 11) is 1.62. The maximum Gasteiger partial charge on any atom is 0.305 e. The minimum absolute atomic E-state index is 0.122. The number of nitrogens with zero attached hydrogens (tertiary/aromatic N) is 1. The lowest BCUT2D eigenvalue weighted by Gasteiger charge is -2.44. The second-order valence-electron chi connectivity index (χ2n) is 4.18. The second kappa shape index (κ2) is 6.18. The van der Waals surface area contributed by atoms with Gasteiger partial charge in [0.25, 0.3) is 0 Å². The van der Waals surface area contributed by atoms with Crippen molar-refractivity contribution in [2.75, 3.05) is 40.0 Å². The van der Waals surface area contributed by atoms with Crippen molar-refractivity contribution < 1.29 is 19.4 Å². The standard InChI is InChI=1S/C11H21NO4/c1-3-11(9-15-2,8-10(13)14)12-4-6-16-7-5-12/h3-9H2,1-2H3,(H,13,14). The Labute approximate surface area is 96.3 Å². The Balaban J connectivity index is 2.76. The van der Waals surface area contributed by atoms with E-state index in [1.807, 2.05) is 6.92 Å². The maximum atomic E-state index is 11.0. The first kappa shape index (κ1) is 13.4. The number of hydrogen-bond acceptors (Lipinski definition) is 4. The molecule has 94 valence electrons. The van der Waals surface area contributed by atoms with Crippen molar-refractivity contribution in [2.45, 2.75) is 25.3 Å². The summed E-state index contributed by atoms with van der Waals surface area (Å²) in [5.74, 6) is -0.773. The smallest absolute Gasteiger partial charge is 0.305 e. The molecule has 1 aliphatic rings. The van der Waals surface area contributed by atoms with E-state index in [0.29, 0.717) is 19.8 Å². The zero-order valence-electron chi connectivity index (χ0n) is 10.1. The van der Waals surface area contributed by atoms with Crippen molar-refractivity contribution in [1.82, 2.24) is 4.90 Å². The van der Waals surface area contributed by atoms with E-state index in [1.165, 1.54) is 0 Å². The molecule has 0 aromatic rings. The van der Waals surface area contributed by atoms with Gasteiger partial charge in [-0.25, -0.2) is 0 Å². The van der Waals surface area contributed by atoms with Gasteiger partial charge in [0.05, 0.1) is 31.8 Å². The lowest BCUT2D eigenvalue weighted by molar-refractivity contribution is -0.144. The van der Waals surface area contributed by atoms with Crippen LogP contribution >= 0.6 is 0 Å². The predicted octanol–water partition coefficient (Wildman–Crippen LogP) is 0.589. The highest BCUT2D eigenvalue weighted by Gasteiger charge is 2.38. The molecule has 0 aromatic carbocycles. The Kier molecular flexibility index (Phi) is 5.18.